The molecular formula is C18H21Cl2F2N5O. The van der Waals surface area contributed by atoms with E-state index in [9.17, 15) is 13.6 Å². The second-order valence-electron chi connectivity index (χ2n) is 6.07. The van der Waals surface area contributed by atoms with Crippen LogP contribution in [0.15, 0.2) is 36.4 Å². The van der Waals surface area contributed by atoms with Crippen LogP contribution >= 0.6 is 24.8 Å². The molecule has 3 N–H and O–H groups in total. The van der Waals surface area contributed by atoms with Crippen LogP contribution in [-0.2, 0) is 7.05 Å². The zero-order valence-corrected chi connectivity index (χ0v) is 16.9. The highest BCUT2D eigenvalue weighted by atomic mass is 35.5. The van der Waals surface area contributed by atoms with Crippen LogP contribution in [0.1, 0.15) is 16.1 Å². The average molecular weight is 432 g/mol. The fraction of sp³-hybridized carbons (Fsp3) is 0.278. The van der Waals surface area contributed by atoms with Crippen LogP contribution < -0.4 is 11.1 Å². The van der Waals surface area contributed by atoms with Gasteiger partial charge in [-0.15, -0.1) is 24.8 Å². The number of nitrogens with two attached hydrogens (primary N) is 1. The molecule has 0 aliphatic rings. The van der Waals surface area contributed by atoms with Crippen molar-refractivity contribution < 1.29 is 13.6 Å². The second-order valence-corrected chi connectivity index (χ2v) is 6.07. The number of halogens is 4. The Labute approximate surface area is 173 Å². The van der Waals surface area contributed by atoms with E-state index in [1.54, 1.807) is 24.7 Å². The third-order valence-corrected chi connectivity index (χ3v) is 4.09. The minimum absolute atomic E-state index is 0. The van der Waals surface area contributed by atoms with Gasteiger partial charge in [0.2, 0.25) is 0 Å². The third-order valence-electron chi connectivity index (χ3n) is 4.09. The van der Waals surface area contributed by atoms with Gasteiger partial charge >= 0.3 is 0 Å². The smallest absolute Gasteiger partial charge is 0.277 e. The van der Waals surface area contributed by atoms with Gasteiger partial charge in [0, 0.05) is 12.6 Å². The first-order valence-corrected chi connectivity index (χ1v) is 8.08. The summed E-state index contributed by atoms with van der Waals surface area (Å²) in [5.41, 5.74) is 7.78. The fourth-order valence-corrected chi connectivity index (χ4v) is 2.76. The van der Waals surface area contributed by atoms with E-state index >= 15 is 0 Å². The minimum atomic E-state index is -3.16. The highest BCUT2D eigenvalue weighted by molar-refractivity contribution is 6.07. The lowest BCUT2D eigenvalue weighted by Gasteiger charge is -2.15. The normalized spacial score (nSPS) is 10.9. The van der Waals surface area contributed by atoms with Crippen molar-refractivity contribution >= 4 is 41.8 Å². The van der Waals surface area contributed by atoms with E-state index < -0.39 is 24.9 Å². The molecule has 0 spiro atoms. The predicted octanol–water partition coefficient (Wildman–Crippen LogP) is 3.11. The summed E-state index contributed by atoms with van der Waals surface area (Å²) in [6.45, 7) is 0.0871. The van der Waals surface area contributed by atoms with Gasteiger partial charge in [-0.25, -0.2) is 13.8 Å². The SMILES string of the molecule is Cc1nn(C)c2nc(-c3ccccc3)cc(C(=O)NCC(F)(F)CN)c12.Cl.Cl. The topological polar surface area (TPSA) is 85.8 Å². The number of carbonyl (C=O) groups excluding carboxylic acids is 1. The standard InChI is InChI=1S/C18H19F2N5O.2ClH/c1-11-15-13(17(26)22-10-18(19,20)9-21)8-14(12-6-4-3-5-7-12)23-16(15)25(2)24-11;;/h3-8H,9-10,21H2,1-2H3,(H,22,26);2*1H. The first-order valence-electron chi connectivity index (χ1n) is 8.08. The van der Waals surface area contributed by atoms with Crippen LogP contribution in [-0.4, -0.2) is 39.7 Å². The van der Waals surface area contributed by atoms with Crippen molar-refractivity contribution in [1.82, 2.24) is 20.1 Å². The number of aromatic nitrogens is 3. The van der Waals surface area contributed by atoms with Crippen molar-refractivity contribution in [2.24, 2.45) is 12.8 Å². The molecule has 10 heteroatoms. The monoisotopic (exact) mass is 431 g/mol. The Morgan fingerprint density at radius 2 is 1.89 bits per heavy atom. The Balaban J connectivity index is 0.00000196. The molecule has 2 aromatic heterocycles. The van der Waals surface area contributed by atoms with Gasteiger partial charge in [-0.05, 0) is 13.0 Å². The molecule has 3 rings (SSSR count). The molecule has 0 radical (unpaired) electrons. The van der Waals surface area contributed by atoms with Gasteiger partial charge in [-0.3, -0.25) is 9.48 Å². The molecular weight excluding hydrogens is 411 g/mol. The second kappa shape index (κ2) is 9.27. The minimum Gasteiger partial charge on any atom is -0.346 e. The van der Waals surface area contributed by atoms with Crippen molar-refractivity contribution in [3.8, 4) is 11.3 Å². The Morgan fingerprint density at radius 1 is 1.25 bits per heavy atom. The lowest BCUT2D eigenvalue weighted by Crippen LogP contribution is -2.41. The number of nitrogens with zero attached hydrogens (tertiary/aromatic N) is 3. The van der Waals surface area contributed by atoms with E-state index in [0.717, 1.165) is 5.56 Å². The Bertz CT molecular complexity index is 964. The number of hydrogen-bond donors (Lipinski definition) is 2. The van der Waals surface area contributed by atoms with Crippen molar-refractivity contribution in [3.63, 3.8) is 0 Å². The van der Waals surface area contributed by atoms with Crippen LogP contribution in [0.25, 0.3) is 22.3 Å². The number of amides is 1. The lowest BCUT2D eigenvalue weighted by atomic mass is 10.0. The number of hydrogen-bond acceptors (Lipinski definition) is 4. The summed E-state index contributed by atoms with van der Waals surface area (Å²) in [6, 6.07) is 10.9. The summed E-state index contributed by atoms with van der Waals surface area (Å²) in [7, 11) is 1.72. The summed E-state index contributed by atoms with van der Waals surface area (Å²) in [6.07, 6.45) is 0. The molecule has 0 aliphatic carbocycles. The quantitative estimate of drug-likeness (QED) is 0.649. The van der Waals surface area contributed by atoms with Gasteiger partial charge in [-0.2, -0.15) is 5.10 Å². The number of nitrogens with one attached hydrogen (secondary N) is 1. The zero-order valence-electron chi connectivity index (χ0n) is 15.3. The molecule has 1 aromatic carbocycles. The van der Waals surface area contributed by atoms with Crippen molar-refractivity contribution in [3.05, 3.63) is 47.7 Å². The van der Waals surface area contributed by atoms with Crippen molar-refractivity contribution in [1.29, 1.82) is 0 Å². The largest absolute Gasteiger partial charge is 0.346 e. The van der Waals surface area contributed by atoms with E-state index in [1.165, 1.54) is 0 Å². The molecule has 3 aromatic rings. The first-order chi connectivity index (χ1) is 12.3. The number of aryl methyl sites for hydroxylation is 2. The van der Waals surface area contributed by atoms with Gasteiger partial charge in [-0.1, -0.05) is 30.3 Å². The van der Waals surface area contributed by atoms with Gasteiger partial charge in [0.25, 0.3) is 11.8 Å². The lowest BCUT2D eigenvalue weighted by molar-refractivity contribution is 0.0119. The van der Waals surface area contributed by atoms with E-state index in [1.807, 2.05) is 30.3 Å². The molecule has 1 amide bonds. The van der Waals surface area contributed by atoms with E-state index in [2.05, 4.69) is 15.4 Å². The molecule has 6 nitrogen and oxygen atoms in total. The number of alkyl halides is 2. The number of benzene rings is 1. The van der Waals surface area contributed by atoms with Crippen LogP contribution in [0.5, 0.6) is 0 Å². The fourth-order valence-electron chi connectivity index (χ4n) is 2.76. The summed E-state index contributed by atoms with van der Waals surface area (Å²) in [5, 5.41) is 7.11. The Morgan fingerprint density at radius 3 is 2.50 bits per heavy atom. The van der Waals surface area contributed by atoms with Gasteiger partial charge < -0.3 is 11.1 Å². The number of pyridine rings is 1. The number of rotatable bonds is 5. The molecule has 0 aliphatic heterocycles. The molecule has 0 unspecified atom stereocenters. The molecule has 0 atom stereocenters. The third kappa shape index (κ3) is 4.76. The zero-order chi connectivity index (χ0) is 18.9. The van der Waals surface area contributed by atoms with Crippen LogP contribution in [0, 0.1) is 6.92 Å². The van der Waals surface area contributed by atoms with Gasteiger partial charge in [0.15, 0.2) is 5.65 Å². The summed E-state index contributed by atoms with van der Waals surface area (Å²) < 4.78 is 28.4. The summed E-state index contributed by atoms with van der Waals surface area (Å²) in [4.78, 5) is 17.2. The van der Waals surface area contributed by atoms with Gasteiger partial charge in [0.1, 0.15) is 0 Å². The van der Waals surface area contributed by atoms with E-state index in [-0.39, 0.29) is 30.4 Å². The first kappa shape index (κ1) is 23.7. The number of fused-ring (bicyclic) bond motifs is 1. The number of carbonyl (C=O) groups is 1. The van der Waals surface area contributed by atoms with Crippen LogP contribution in [0.2, 0.25) is 0 Å². The molecule has 0 bridgehead atoms. The maximum Gasteiger partial charge on any atom is 0.277 e. The van der Waals surface area contributed by atoms with E-state index in [4.69, 9.17) is 5.73 Å². The van der Waals surface area contributed by atoms with Crippen molar-refractivity contribution in [2.45, 2.75) is 12.8 Å². The Hall–Kier alpha value is -2.29. The van der Waals surface area contributed by atoms with Crippen LogP contribution in [0.3, 0.4) is 0 Å². The van der Waals surface area contributed by atoms with Crippen molar-refractivity contribution in [2.75, 3.05) is 13.1 Å². The maximum absolute atomic E-state index is 13.4. The maximum atomic E-state index is 13.4. The highest BCUT2D eigenvalue weighted by Gasteiger charge is 2.28. The predicted molar refractivity (Wildman–Crippen MR) is 110 cm³/mol. The van der Waals surface area contributed by atoms with Gasteiger partial charge in [0.05, 0.1) is 35.4 Å². The molecule has 152 valence electrons. The molecule has 0 saturated heterocycles. The molecule has 0 saturated carbocycles. The summed E-state index contributed by atoms with van der Waals surface area (Å²) >= 11 is 0. The molecule has 0 fully saturated rings. The van der Waals surface area contributed by atoms with Crippen LogP contribution in [0.4, 0.5) is 8.78 Å². The van der Waals surface area contributed by atoms with E-state index in [0.29, 0.717) is 22.4 Å². The average Bonchev–Trinajstić information content (AvgIpc) is 2.94. The Kier molecular flexibility index (Phi) is 7.86. The highest BCUT2D eigenvalue weighted by Crippen LogP contribution is 2.26. The molecule has 2 heterocycles. The summed E-state index contributed by atoms with van der Waals surface area (Å²) in [5.74, 6) is -3.77. The molecule has 28 heavy (non-hydrogen) atoms.